The molecule has 18 heteroatoms. The van der Waals surface area contributed by atoms with Gasteiger partial charge in [-0.25, -0.2) is 14.4 Å². The average molecular weight is 1480 g/mol. The molecule has 0 saturated heterocycles. The first kappa shape index (κ1) is 79.5. The first-order chi connectivity index (χ1) is 51.8. The Labute approximate surface area is 631 Å². The van der Waals surface area contributed by atoms with Crippen molar-refractivity contribution in [2.24, 2.45) is 0 Å². The van der Waals surface area contributed by atoms with Gasteiger partial charge in [-0.3, -0.25) is 28.8 Å². The van der Waals surface area contributed by atoms with E-state index in [1.54, 1.807) is 182 Å². The van der Waals surface area contributed by atoms with Gasteiger partial charge in [-0.15, -0.1) is 0 Å². The third-order valence-electron chi connectivity index (χ3n) is 17.4. The molecular weight excluding hydrogens is 1400 g/mol. The van der Waals surface area contributed by atoms with Gasteiger partial charge in [0, 0.05) is 51.1 Å². The Morgan fingerprint density at radius 2 is 0.505 bits per heavy atom. The molecule has 0 saturated carbocycles. The zero-order valence-electron chi connectivity index (χ0n) is 58.5. The van der Waals surface area contributed by atoms with Gasteiger partial charge in [0.15, 0.2) is 34.7 Å². The number of carbonyl (C=O) groups excluding carboxylic acids is 8. The lowest BCUT2D eigenvalue weighted by Gasteiger charge is -2.06. The molecule has 0 aliphatic carbocycles. The van der Waals surface area contributed by atoms with Crippen molar-refractivity contribution in [3.8, 4) is 28.7 Å². The smallest absolute Gasteiger partial charge is 0.403 e. The number of carboxylic acid groups (broad SMARTS) is 1. The number of ether oxygens (including phenoxy) is 2. The molecule has 0 aliphatic rings. The van der Waals surface area contributed by atoms with E-state index in [0.29, 0.717) is 52.8 Å². The van der Waals surface area contributed by atoms with E-state index >= 15 is 0 Å². The third kappa shape index (κ3) is 22.0. The molecular formula is C91H75ClO17. The van der Waals surface area contributed by atoms with Crippen molar-refractivity contribution in [1.82, 2.24) is 0 Å². The van der Waals surface area contributed by atoms with E-state index in [0.717, 1.165) is 81.5 Å². The van der Waals surface area contributed by atoms with Crippen molar-refractivity contribution < 1.29 is 83.3 Å². The highest BCUT2D eigenvalue weighted by atomic mass is 35.5. The number of hydrogen-bond acceptors (Lipinski definition) is 16. The molecule has 14 aromatic carbocycles. The van der Waals surface area contributed by atoms with Gasteiger partial charge in [0.2, 0.25) is 0 Å². The lowest BCUT2D eigenvalue weighted by atomic mass is 9.97. The Morgan fingerprint density at radius 3 is 0.743 bits per heavy atom. The zero-order chi connectivity index (χ0) is 77.1. The minimum Gasteiger partial charge on any atom is -0.508 e. The quantitative estimate of drug-likeness (QED) is 0.0109. The molecule has 14 aromatic rings. The van der Waals surface area contributed by atoms with E-state index in [4.69, 9.17) is 16.7 Å². The van der Waals surface area contributed by atoms with Gasteiger partial charge in [0.05, 0.1) is 38.0 Å². The Bertz CT molecular complexity index is 5110. The number of benzene rings is 14. The molecule has 0 aliphatic heterocycles. The second-order valence-corrected chi connectivity index (χ2v) is 25.7. The number of halogens is 1. The maximum atomic E-state index is 12.6. The highest BCUT2D eigenvalue weighted by Gasteiger charge is 2.19. The predicted octanol–water partition coefficient (Wildman–Crippen LogP) is 20.5. The van der Waals surface area contributed by atoms with Crippen molar-refractivity contribution in [2.75, 3.05) is 13.2 Å². The Hall–Kier alpha value is -13.6. The molecule has 0 spiro atoms. The normalized spacial score (nSPS) is 10.6. The SMILES string of the molecule is C.C=CC(=O)OCCCCOC(=O)Cl.Cc1ccc2cc(C(=O)CC(=O)c3ccc4cc(C)ccc4c3)ccc2c1.O=C(CC(=O)c1ccc2cc(O)ccc2c1)c1ccc2cc(O)ccc2c1.O=C(CC(=O)c1ccc2cc(O)ccc2c1)c1ccc2cc(O)ccc2c1.O=C(O)c1ccc2cc(O)ccc2c1. The van der Waals surface area contributed by atoms with Gasteiger partial charge >= 0.3 is 17.4 Å². The van der Waals surface area contributed by atoms with Crippen LogP contribution in [0.4, 0.5) is 4.79 Å². The largest absolute Gasteiger partial charge is 0.508 e. The highest BCUT2D eigenvalue weighted by molar-refractivity contribution is 6.61. The Morgan fingerprint density at radius 1 is 0.303 bits per heavy atom. The number of unbranched alkanes of at least 4 members (excludes halogenated alkanes) is 1. The number of carbonyl (C=O) groups is 9. The van der Waals surface area contributed by atoms with Gasteiger partial charge < -0.3 is 40.1 Å². The summed E-state index contributed by atoms with van der Waals surface area (Å²) in [5.41, 5.74) is 4.82. The summed E-state index contributed by atoms with van der Waals surface area (Å²) in [5, 5.41) is 68.5. The fourth-order valence-corrected chi connectivity index (χ4v) is 11.8. The molecule has 0 unspecified atom stereocenters. The fourth-order valence-electron chi connectivity index (χ4n) is 11.7. The number of aryl methyl sites for hydroxylation is 2. The van der Waals surface area contributed by atoms with Gasteiger partial charge in [0.1, 0.15) is 28.7 Å². The summed E-state index contributed by atoms with van der Waals surface area (Å²) in [7, 11) is 0. The number of hydrogen-bond donors (Lipinski definition) is 6. The first-order valence-corrected chi connectivity index (χ1v) is 34.4. The molecule has 0 bridgehead atoms. The van der Waals surface area contributed by atoms with Crippen LogP contribution in [-0.4, -0.2) is 95.9 Å². The van der Waals surface area contributed by atoms with E-state index < -0.39 is 17.4 Å². The molecule has 17 nitrogen and oxygen atoms in total. The molecule has 0 radical (unpaired) electrons. The van der Waals surface area contributed by atoms with E-state index in [1.165, 1.54) is 23.3 Å². The summed E-state index contributed by atoms with van der Waals surface area (Å²) < 4.78 is 9.11. The van der Waals surface area contributed by atoms with Gasteiger partial charge in [0.25, 0.3) is 0 Å². The Balaban J connectivity index is 0.000000162. The van der Waals surface area contributed by atoms with Crippen molar-refractivity contribution in [2.45, 2.75) is 53.4 Å². The maximum Gasteiger partial charge on any atom is 0.403 e. The molecule has 14 rings (SSSR count). The summed E-state index contributed by atoms with van der Waals surface area (Å²) in [6, 6.07) is 73.4. The number of phenolic OH excluding ortho intramolecular Hbond substituents is 5. The minimum atomic E-state index is -0.944. The number of aromatic carboxylic acids is 1. The molecule has 548 valence electrons. The number of fused-ring (bicyclic) bond motifs is 7. The van der Waals surface area contributed by atoms with Crippen LogP contribution in [0.3, 0.4) is 0 Å². The lowest BCUT2D eigenvalue weighted by Crippen LogP contribution is -2.08. The summed E-state index contributed by atoms with van der Waals surface area (Å²) in [4.78, 5) is 107. The van der Waals surface area contributed by atoms with Crippen LogP contribution in [0.2, 0.25) is 0 Å². The van der Waals surface area contributed by atoms with E-state index in [-0.39, 0.29) is 102 Å². The molecule has 0 atom stereocenters. The first-order valence-electron chi connectivity index (χ1n) is 34.0. The van der Waals surface area contributed by atoms with Gasteiger partial charge in [-0.2, -0.15) is 0 Å². The fraction of sp³-hybridized carbons (Fsp3) is 0.110. The molecule has 0 aromatic heterocycles. The van der Waals surface area contributed by atoms with Crippen LogP contribution in [-0.2, 0) is 14.3 Å². The van der Waals surface area contributed by atoms with Crippen LogP contribution in [0.5, 0.6) is 28.7 Å². The van der Waals surface area contributed by atoms with E-state index in [9.17, 15) is 68.7 Å². The number of esters is 1. The monoisotopic (exact) mass is 1470 g/mol. The summed E-state index contributed by atoms with van der Waals surface area (Å²) >= 11 is 4.90. The molecule has 109 heavy (non-hydrogen) atoms. The summed E-state index contributed by atoms with van der Waals surface area (Å²) in [6.45, 7) is 7.87. The average Bonchev–Trinajstić information content (AvgIpc) is 0.831. The van der Waals surface area contributed by atoms with Crippen LogP contribution in [0, 0.1) is 13.8 Å². The van der Waals surface area contributed by atoms with Crippen LogP contribution in [0.25, 0.3) is 75.4 Å². The molecule has 0 fully saturated rings. The van der Waals surface area contributed by atoms with E-state index in [2.05, 4.69) is 28.2 Å². The second kappa shape index (κ2) is 36.9. The summed E-state index contributed by atoms with van der Waals surface area (Å²) in [5.74, 6) is -1.83. The topological polar surface area (TPSA) is 293 Å². The molecule has 6 N–H and O–H groups in total. The van der Waals surface area contributed by atoms with Crippen LogP contribution in [0.15, 0.2) is 267 Å². The maximum absolute atomic E-state index is 12.6. The Kier molecular flexibility index (Phi) is 26.9. The summed E-state index contributed by atoms with van der Waals surface area (Å²) in [6.07, 6.45) is 1.79. The number of rotatable bonds is 19. The van der Waals surface area contributed by atoms with Crippen molar-refractivity contribution in [3.63, 3.8) is 0 Å². The number of Topliss-reactive ketones (excluding diaryl/α,β-unsaturated/α-hetero) is 6. The predicted molar refractivity (Wildman–Crippen MR) is 427 cm³/mol. The van der Waals surface area contributed by atoms with E-state index in [1.807, 2.05) is 62.4 Å². The lowest BCUT2D eigenvalue weighted by molar-refractivity contribution is -0.137. The van der Waals surface area contributed by atoms with Crippen LogP contribution in [0.1, 0.15) is 123 Å². The molecule has 0 amide bonds. The number of carboxylic acids is 1. The van der Waals surface area contributed by atoms with Gasteiger partial charge in [-0.1, -0.05) is 171 Å². The number of phenols is 5. The van der Waals surface area contributed by atoms with Crippen LogP contribution >= 0.6 is 11.6 Å². The zero-order valence-corrected chi connectivity index (χ0v) is 59.3. The molecule has 0 heterocycles. The van der Waals surface area contributed by atoms with Crippen molar-refractivity contribution in [3.05, 3.63) is 318 Å². The van der Waals surface area contributed by atoms with Gasteiger partial charge in [-0.05, 0) is 211 Å². The van der Waals surface area contributed by atoms with Crippen molar-refractivity contribution >= 4 is 139 Å². The minimum absolute atomic E-state index is 0. The van der Waals surface area contributed by atoms with Crippen LogP contribution < -0.4 is 0 Å². The highest BCUT2D eigenvalue weighted by Crippen LogP contribution is 2.29. The van der Waals surface area contributed by atoms with Crippen molar-refractivity contribution in [1.29, 1.82) is 0 Å². The number of aromatic hydroxyl groups is 5. The standard InChI is InChI=1S/C25H20O2.2C23H16O4.C11H8O3.C8H11ClO4.CH4/c1-16-3-5-20-13-22(9-7-18(20)11-16)24(26)15-25(27)23-10-8-19-12-17(2)4-6-21(19)14-23;2*24-20-7-5-14-9-18(3-1-16(14)11-20)22(26)13-23(27)19-4-2-17-12-21(25)8-6-15(17)10-19;12-10-4-3-7-5-9(11(13)14)2-1-8(7)6-10;1-2-7(10)12-5-3-4-6-13-8(9)11;/h3-14H,15H2,1-2H3;2*1-12,24-25H,13H2;1-6,12H,(H,13,14);2H,1,3-6H2;1H4. The number of ketones is 6. The third-order valence-corrected chi connectivity index (χ3v) is 17.5. The second-order valence-electron chi connectivity index (χ2n) is 25.4.